The number of rotatable bonds is 6. The second-order valence-corrected chi connectivity index (χ2v) is 3.42. The number of carbonyl (C=O) groups excluding carboxylic acids is 1. The first-order chi connectivity index (χ1) is 8.60. The molecular formula is C11H15N3O4. The predicted molar refractivity (Wildman–Crippen MR) is 65.4 cm³/mol. The lowest BCUT2D eigenvalue weighted by Crippen LogP contribution is -2.32. The van der Waals surface area contributed by atoms with Crippen molar-refractivity contribution in [1.82, 2.24) is 4.98 Å². The second kappa shape index (κ2) is 6.53. The Morgan fingerprint density at radius 1 is 1.56 bits per heavy atom. The van der Waals surface area contributed by atoms with Crippen molar-refractivity contribution in [2.24, 2.45) is 0 Å². The molecule has 0 aliphatic rings. The van der Waals surface area contributed by atoms with Crippen molar-refractivity contribution in [3.63, 3.8) is 0 Å². The molecule has 1 heterocycles. The Balaban J connectivity index is 2.94. The zero-order valence-corrected chi connectivity index (χ0v) is 10.3. The van der Waals surface area contributed by atoms with E-state index >= 15 is 0 Å². The first-order valence-corrected chi connectivity index (χ1v) is 5.60. The van der Waals surface area contributed by atoms with Gasteiger partial charge in [-0.1, -0.05) is 0 Å². The van der Waals surface area contributed by atoms with E-state index in [4.69, 9.17) is 4.74 Å². The molecular weight excluding hydrogens is 238 g/mol. The van der Waals surface area contributed by atoms with Gasteiger partial charge in [-0.15, -0.1) is 0 Å². The number of aromatic nitrogens is 1. The van der Waals surface area contributed by atoms with Crippen LogP contribution in [0.1, 0.15) is 13.8 Å². The van der Waals surface area contributed by atoms with Gasteiger partial charge < -0.3 is 9.64 Å². The molecule has 0 amide bonds. The SMILES string of the molecule is CCOC(=O)CN(CC)c1ncccc1[N+](=O)[O-]. The lowest BCUT2D eigenvalue weighted by Gasteiger charge is -2.20. The van der Waals surface area contributed by atoms with Crippen LogP contribution in [0.25, 0.3) is 0 Å². The highest BCUT2D eigenvalue weighted by Crippen LogP contribution is 2.24. The van der Waals surface area contributed by atoms with Gasteiger partial charge in [0, 0.05) is 18.8 Å². The Bertz CT molecular complexity index is 436. The number of carbonyl (C=O) groups is 1. The minimum Gasteiger partial charge on any atom is -0.465 e. The molecule has 7 heteroatoms. The summed E-state index contributed by atoms with van der Waals surface area (Å²) in [6, 6.07) is 2.84. The van der Waals surface area contributed by atoms with Crippen LogP contribution in [0.3, 0.4) is 0 Å². The summed E-state index contributed by atoms with van der Waals surface area (Å²) in [4.78, 5) is 27.2. The molecule has 0 aromatic carbocycles. The molecule has 0 radical (unpaired) electrons. The third kappa shape index (κ3) is 3.41. The fourth-order valence-electron chi connectivity index (χ4n) is 1.47. The number of hydrogen-bond donors (Lipinski definition) is 0. The molecule has 0 bridgehead atoms. The summed E-state index contributed by atoms with van der Waals surface area (Å²) in [5.41, 5.74) is -0.122. The van der Waals surface area contributed by atoms with E-state index in [0.29, 0.717) is 6.54 Å². The number of likely N-dealkylation sites (N-methyl/N-ethyl adjacent to an activating group) is 1. The number of ether oxygens (including phenoxy) is 1. The van der Waals surface area contributed by atoms with E-state index < -0.39 is 10.9 Å². The van der Waals surface area contributed by atoms with Crippen LogP contribution < -0.4 is 4.90 Å². The third-order valence-electron chi connectivity index (χ3n) is 2.27. The Hall–Kier alpha value is -2.18. The second-order valence-electron chi connectivity index (χ2n) is 3.42. The highest BCUT2D eigenvalue weighted by atomic mass is 16.6. The number of nitro groups is 1. The molecule has 0 atom stereocenters. The Labute approximate surface area is 105 Å². The largest absolute Gasteiger partial charge is 0.465 e. The van der Waals surface area contributed by atoms with E-state index in [1.54, 1.807) is 13.8 Å². The van der Waals surface area contributed by atoms with Crippen molar-refractivity contribution in [1.29, 1.82) is 0 Å². The van der Waals surface area contributed by atoms with Crippen LogP contribution in [-0.4, -0.2) is 35.6 Å². The zero-order valence-electron chi connectivity index (χ0n) is 10.3. The van der Waals surface area contributed by atoms with Gasteiger partial charge in [-0.2, -0.15) is 0 Å². The molecule has 0 saturated heterocycles. The van der Waals surface area contributed by atoms with Gasteiger partial charge in [-0.05, 0) is 19.9 Å². The van der Waals surface area contributed by atoms with E-state index in [0.717, 1.165) is 0 Å². The maximum atomic E-state index is 11.4. The monoisotopic (exact) mass is 253 g/mol. The summed E-state index contributed by atoms with van der Waals surface area (Å²) in [7, 11) is 0. The Morgan fingerprint density at radius 2 is 2.28 bits per heavy atom. The standard InChI is InChI=1S/C11H15N3O4/c1-3-13(8-10(15)18-4-2)11-9(14(16)17)6-5-7-12-11/h5-7H,3-4,8H2,1-2H3. The van der Waals surface area contributed by atoms with Gasteiger partial charge in [0.25, 0.3) is 0 Å². The van der Waals surface area contributed by atoms with Crippen molar-refractivity contribution in [3.05, 3.63) is 28.4 Å². The summed E-state index contributed by atoms with van der Waals surface area (Å²) in [6.45, 7) is 4.15. The van der Waals surface area contributed by atoms with Crippen LogP contribution in [0.5, 0.6) is 0 Å². The minimum atomic E-state index is -0.518. The van der Waals surface area contributed by atoms with E-state index in [1.165, 1.54) is 23.2 Å². The van der Waals surface area contributed by atoms with Gasteiger partial charge >= 0.3 is 11.7 Å². The molecule has 98 valence electrons. The maximum absolute atomic E-state index is 11.4. The first-order valence-electron chi connectivity index (χ1n) is 5.60. The Kier molecular flexibility index (Phi) is 5.04. The van der Waals surface area contributed by atoms with Gasteiger partial charge in [-0.3, -0.25) is 14.9 Å². The van der Waals surface area contributed by atoms with E-state index in [9.17, 15) is 14.9 Å². The molecule has 0 fully saturated rings. The fourth-order valence-corrected chi connectivity index (χ4v) is 1.47. The topological polar surface area (TPSA) is 85.6 Å². The number of anilines is 1. The zero-order chi connectivity index (χ0) is 13.5. The number of nitrogens with zero attached hydrogens (tertiary/aromatic N) is 3. The smallest absolute Gasteiger partial charge is 0.325 e. The third-order valence-corrected chi connectivity index (χ3v) is 2.27. The number of pyridine rings is 1. The average molecular weight is 253 g/mol. The average Bonchev–Trinajstić information content (AvgIpc) is 2.36. The fraction of sp³-hybridized carbons (Fsp3) is 0.455. The summed E-state index contributed by atoms with van der Waals surface area (Å²) < 4.78 is 4.82. The van der Waals surface area contributed by atoms with Crippen LogP contribution >= 0.6 is 0 Å². The molecule has 0 saturated carbocycles. The lowest BCUT2D eigenvalue weighted by atomic mass is 10.3. The predicted octanol–water partition coefficient (Wildman–Crippen LogP) is 1.38. The van der Waals surface area contributed by atoms with Gasteiger partial charge in [-0.25, -0.2) is 4.98 Å². The van der Waals surface area contributed by atoms with Crippen LogP contribution in [0, 0.1) is 10.1 Å². The molecule has 0 spiro atoms. The van der Waals surface area contributed by atoms with Crippen LogP contribution in [-0.2, 0) is 9.53 Å². The van der Waals surface area contributed by atoms with E-state index in [2.05, 4.69) is 4.98 Å². The molecule has 0 N–H and O–H groups in total. The highest BCUT2D eigenvalue weighted by molar-refractivity contribution is 5.76. The molecule has 7 nitrogen and oxygen atoms in total. The molecule has 18 heavy (non-hydrogen) atoms. The van der Waals surface area contributed by atoms with Crippen molar-refractivity contribution < 1.29 is 14.5 Å². The van der Waals surface area contributed by atoms with Crippen LogP contribution in [0.4, 0.5) is 11.5 Å². The van der Waals surface area contributed by atoms with Gasteiger partial charge in [0.15, 0.2) is 0 Å². The number of hydrogen-bond acceptors (Lipinski definition) is 6. The molecule has 0 unspecified atom stereocenters. The highest BCUT2D eigenvalue weighted by Gasteiger charge is 2.21. The summed E-state index contributed by atoms with van der Waals surface area (Å²) >= 11 is 0. The Morgan fingerprint density at radius 3 is 2.83 bits per heavy atom. The maximum Gasteiger partial charge on any atom is 0.325 e. The van der Waals surface area contributed by atoms with Crippen molar-refractivity contribution in [2.45, 2.75) is 13.8 Å². The lowest BCUT2D eigenvalue weighted by molar-refractivity contribution is -0.384. The van der Waals surface area contributed by atoms with Crippen molar-refractivity contribution in [2.75, 3.05) is 24.6 Å². The molecule has 0 aliphatic heterocycles. The summed E-state index contributed by atoms with van der Waals surface area (Å²) in [5, 5.41) is 10.9. The van der Waals surface area contributed by atoms with Gasteiger partial charge in [0.05, 0.1) is 11.5 Å². The molecule has 0 aliphatic carbocycles. The molecule has 1 rings (SSSR count). The first kappa shape index (κ1) is 13.9. The minimum absolute atomic E-state index is 0.0534. The van der Waals surface area contributed by atoms with E-state index in [-0.39, 0.29) is 24.7 Å². The van der Waals surface area contributed by atoms with Gasteiger partial charge in [0.2, 0.25) is 5.82 Å². The van der Waals surface area contributed by atoms with E-state index in [1.807, 2.05) is 0 Å². The van der Waals surface area contributed by atoms with Crippen molar-refractivity contribution in [3.8, 4) is 0 Å². The molecule has 1 aromatic rings. The quantitative estimate of drug-likeness (QED) is 0.432. The number of esters is 1. The van der Waals surface area contributed by atoms with Crippen molar-refractivity contribution >= 4 is 17.5 Å². The van der Waals surface area contributed by atoms with Gasteiger partial charge in [0.1, 0.15) is 6.54 Å². The van der Waals surface area contributed by atoms with Crippen LogP contribution in [0.15, 0.2) is 18.3 Å². The summed E-state index contributed by atoms with van der Waals surface area (Å²) in [6.07, 6.45) is 1.45. The molecule has 1 aromatic heterocycles. The van der Waals surface area contributed by atoms with Crippen LogP contribution in [0.2, 0.25) is 0 Å². The summed E-state index contributed by atoms with van der Waals surface area (Å²) in [5.74, 6) is -0.252. The normalized spacial score (nSPS) is 9.89.